The number of rotatable bonds is 5. The van der Waals surface area contributed by atoms with E-state index in [4.69, 9.17) is 0 Å². The third-order valence-electron chi connectivity index (χ3n) is 3.03. The van der Waals surface area contributed by atoms with Gasteiger partial charge in [-0.2, -0.15) is 0 Å². The van der Waals surface area contributed by atoms with Crippen molar-refractivity contribution in [3.8, 4) is 0 Å². The van der Waals surface area contributed by atoms with Crippen LogP contribution in [-0.4, -0.2) is 11.7 Å². The van der Waals surface area contributed by atoms with Crippen LogP contribution in [0.25, 0.3) is 5.57 Å². The summed E-state index contributed by atoms with van der Waals surface area (Å²) < 4.78 is 1.03. The molecular formula is C17H17BrO. The second kappa shape index (κ2) is 7.27. The topological polar surface area (TPSA) is 20.2 Å². The van der Waals surface area contributed by atoms with Crippen LogP contribution in [0, 0.1) is 0 Å². The summed E-state index contributed by atoms with van der Waals surface area (Å²) in [7, 11) is 0. The van der Waals surface area contributed by atoms with Gasteiger partial charge in [-0.1, -0.05) is 64.5 Å². The maximum absolute atomic E-state index is 9.48. The zero-order chi connectivity index (χ0) is 13.5. The van der Waals surface area contributed by atoms with Gasteiger partial charge >= 0.3 is 0 Å². The Hall–Kier alpha value is -1.38. The largest absolute Gasteiger partial charge is 0.392 e. The number of benzene rings is 2. The first-order valence-electron chi connectivity index (χ1n) is 6.39. The predicted octanol–water partition coefficient (Wildman–Crippen LogP) is 4.46. The SMILES string of the molecule is OCC(=CCCc1ccccc1)c1cccc(Br)c1. The molecule has 19 heavy (non-hydrogen) atoms. The van der Waals surface area contributed by atoms with Gasteiger partial charge in [0.1, 0.15) is 0 Å². The van der Waals surface area contributed by atoms with E-state index in [1.165, 1.54) is 5.56 Å². The van der Waals surface area contributed by atoms with E-state index in [9.17, 15) is 5.11 Å². The van der Waals surface area contributed by atoms with Crippen molar-refractivity contribution in [3.63, 3.8) is 0 Å². The van der Waals surface area contributed by atoms with Crippen LogP contribution in [-0.2, 0) is 6.42 Å². The molecule has 2 aromatic rings. The number of halogens is 1. The summed E-state index contributed by atoms with van der Waals surface area (Å²) in [4.78, 5) is 0. The molecule has 2 aromatic carbocycles. The highest BCUT2D eigenvalue weighted by Crippen LogP contribution is 2.19. The van der Waals surface area contributed by atoms with Gasteiger partial charge in [-0.3, -0.25) is 0 Å². The van der Waals surface area contributed by atoms with E-state index in [1.54, 1.807) is 0 Å². The molecule has 0 bridgehead atoms. The van der Waals surface area contributed by atoms with Gasteiger partial charge in [0.2, 0.25) is 0 Å². The summed E-state index contributed by atoms with van der Waals surface area (Å²) in [6, 6.07) is 18.4. The second-order valence-corrected chi connectivity index (χ2v) is 5.34. The fraction of sp³-hybridized carbons (Fsp3) is 0.176. The zero-order valence-corrected chi connectivity index (χ0v) is 12.3. The molecule has 0 aliphatic rings. The summed E-state index contributed by atoms with van der Waals surface area (Å²) >= 11 is 3.46. The van der Waals surface area contributed by atoms with Crippen LogP contribution < -0.4 is 0 Å². The Bertz CT molecular complexity index is 546. The van der Waals surface area contributed by atoms with E-state index in [1.807, 2.05) is 30.3 Å². The maximum atomic E-state index is 9.48. The van der Waals surface area contributed by atoms with Crippen molar-refractivity contribution in [1.29, 1.82) is 0 Å². The molecule has 0 unspecified atom stereocenters. The van der Waals surface area contributed by atoms with Crippen molar-refractivity contribution in [2.75, 3.05) is 6.61 Å². The van der Waals surface area contributed by atoms with Crippen LogP contribution in [0.3, 0.4) is 0 Å². The normalized spacial score (nSPS) is 11.6. The molecule has 0 fully saturated rings. The average molecular weight is 317 g/mol. The highest BCUT2D eigenvalue weighted by atomic mass is 79.9. The monoisotopic (exact) mass is 316 g/mol. The van der Waals surface area contributed by atoms with E-state index in [0.29, 0.717) is 0 Å². The number of allylic oxidation sites excluding steroid dienone is 1. The van der Waals surface area contributed by atoms with Crippen molar-refractivity contribution in [1.82, 2.24) is 0 Å². The molecule has 0 aliphatic carbocycles. The van der Waals surface area contributed by atoms with Gasteiger partial charge in [-0.05, 0) is 41.7 Å². The molecule has 0 aliphatic heterocycles. The number of aryl methyl sites for hydroxylation is 1. The molecule has 1 nitrogen and oxygen atoms in total. The molecule has 0 atom stereocenters. The molecular weight excluding hydrogens is 300 g/mol. The van der Waals surface area contributed by atoms with E-state index in [-0.39, 0.29) is 6.61 Å². The van der Waals surface area contributed by atoms with Gasteiger partial charge in [-0.15, -0.1) is 0 Å². The minimum atomic E-state index is 0.0746. The first-order chi connectivity index (χ1) is 9.29. The van der Waals surface area contributed by atoms with Gasteiger partial charge < -0.3 is 5.11 Å². The van der Waals surface area contributed by atoms with Gasteiger partial charge in [0.05, 0.1) is 6.61 Å². The van der Waals surface area contributed by atoms with Crippen LogP contribution in [0.1, 0.15) is 17.5 Å². The Kier molecular flexibility index (Phi) is 5.37. The highest BCUT2D eigenvalue weighted by molar-refractivity contribution is 9.10. The Morgan fingerprint density at radius 1 is 1.05 bits per heavy atom. The first kappa shape index (κ1) is 14.0. The number of hydrogen-bond donors (Lipinski definition) is 1. The molecule has 0 radical (unpaired) electrons. The van der Waals surface area contributed by atoms with E-state index >= 15 is 0 Å². The standard InChI is InChI=1S/C17H17BrO/c18-17-11-5-9-15(12-17)16(13-19)10-4-8-14-6-2-1-3-7-14/h1-3,5-7,9-12,19H,4,8,13H2. The van der Waals surface area contributed by atoms with Crippen LogP contribution in [0.2, 0.25) is 0 Å². The molecule has 2 rings (SSSR count). The van der Waals surface area contributed by atoms with Crippen LogP contribution in [0.5, 0.6) is 0 Å². The Labute approximate surface area is 122 Å². The fourth-order valence-corrected chi connectivity index (χ4v) is 2.42. The van der Waals surface area contributed by atoms with Crippen LogP contribution in [0.15, 0.2) is 65.1 Å². The zero-order valence-electron chi connectivity index (χ0n) is 10.7. The number of aliphatic hydroxyl groups is 1. The predicted molar refractivity (Wildman–Crippen MR) is 84.0 cm³/mol. The van der Waals surface area contributed by atoms with Gasteiger partial charge in [0.25, 0.3) is 0 Å². The smallest absolute Gasteiger partial charge is 0.0684 e. The Morgan fingerprint density at radius 3 is 2.53 bits per heavy atom. The van der Waals surface area contributed by atoms with Gasteiger partial charge in [-0.25, -0.2) is 0 Å². The van der Waals surface area contributed by atoms with E-state index < -0.39 is 0 Å². The molecule has 0 spiro atoms. The highest BCUT2D eigenvalue weighted by Gasteiger charge is 2.00. The lowest BCUT2D eigenvalue weighted by Gasteiger charge is -2.05. The van der Waals surface area contributed by atoms with Crippen molar-refractivity contribution in [3.05, 3.63) is 76.3 Å². The third-order valence-corrected chi connectivity index (χ3v) is 3.53. The molecule has 0 saturated carbocycles. The average Bonchev–Trinajstić information content (AvgIpc) is 2.45. The van der Waals surface area contributed by atoms with Crippen molar-refractivity contribution >= 4 is 21.5 Å². The second-order valence-electron chi connectivity index (χ2n) is 4.42. The quantitative estimate of drug-likeness (QED) is 0.863. The van der Waals surface area contributed by atoms with Crippen molar-refractivity contribution in [2.45, 2.75) is 12.8 Å². The third kappa shape index (κ3) is 4.34. The Balaban J connectivity index is 2.04. The Morgan fingerprint density at radius 2 is 1.84 bits per heavy atom. The van der Waals surface area contributed by atoms with Crippen molar-refractivity contribution < 1.29 is 5.11 Å². The molecule has 0 amide bonds. The van der Waals surface area contributed by atoms with Crippen molar-refractivity contribution in [2.24, 2.45) is 0 Å². The van der Waals surface area contributed by atoms with Crippen LogP contribution >= 0.6 is 15.9 Å². The fourth-order valence-electron chi connectivity index (χ4n) is 2.02. The van der Waals surface area contributed by atoms with Crippen LogP contribution in [0.4, 0.5) is 0 Å². The lowest BCUT2D eigenvalue weighted by Crippen LogP contribution is -1.92. The van der Waals surface area contributed by atoms with E-state index in [0.717, 1.165) is 28.5 Å². The minimum absolute atomic E-state index is 0.0746. The summed E-state index contributed by atoms with van der Waals surface area (Å²) in [5, 5.41) is 9.48. The van der Waals surface area contributed by atoms with E-state index in [2.05, 4.69) is 46.3 Å². The summed E-state index contributed by atoms with van der Waals surface area (Å²) in [5.74, 6) is 0. The lowest BCUT2D eigenvalue weighted by atomic mass is 10.0. The first-order valence-corrected chi connectivity index (χ1v) is 7.18. The lowest BCUT2D eigenvalue weighted by molar-refractivity contribution is 0.350. The molecule has 2 heteroatoms. The molecule has 1 N–H and O–H groups in total. The molecule has 0 aromatic heterocycles. The molecule has 0 heterocycles. The molecule has 98 valence electrons. The maximum Gasteiger partial charge on any atom is 0.0684 e. The minimum Gasteiger partial charge on any atom is -0.392 e. The summed E-state index contributed by atoms with van der Waals surface area (Å²) in [6.07, 6.45) is 4.06. The van der Waals surface area contributed by atoms with Gasteiger partial charge in [0.15, 0.2) is 0 Å². The molecule has 0 saturated heterocycles. The summed E-state index contributed by atoms with van der Waals surface area (Å²) in [5.41, 5.74) is 3.38. The number of hydrogen-bond acceptors (Lipinski definition) is 1. The number of aliphatic hydroxyl groups excluding tert-OH is 1. The van der Waals surface area contributed by atoms with Gasteiger partial charge in [0, 0.05) is 4.47 Å². The summed E-state index contributed by atoms with van der Waals surface area (Å²) in [6.45, 7) is 0.0746.